The van der Waals surface area contributed by atoms with Gasteiger partial charge in [-0.05, 0) is 70.7 Å². The van der Waals surface area contributed by atoms with Gasteiger partial charge < -0.3 is 9.47 Å². The van der Waals surface area contributed by atoms with Crippen molar-refractivity contribution in [3.8, 4) is 0 Å². The standard InChI is InChI=1S/C21H26N2O4/c1-20(2,3)27-19(25)21(4)10-8-13(9-11-21)17-15-7-6-14(18(24)26-5)12-16(15)22-23-17/h6-8,12H,9-11H2,1-5H3,(H,22,23). The molecule has 1 heterocycles. The molecule has 0 radical (unpaired) electrons. The van der Waals surface area contributed by atoms with Gasteiger partial charge in [0.15, 0.2) is 0 Å². The SMILES string of the molecule is COC(=O)c1ccc2c(C3=CCC(C)(C(=O)OC(C)(C)C)CC3)n[nH]c2c1. The third kappa shape index (κ3) is 3.89. The maximum Gasteiger partial charge on any atom is 0.337 e. The fraction of sp³-hybridized carbons (Fsp3) is 0.476. The summed E-state index contributed by atoms with van der Waals surface area (Å²) < 4.78 is 10.3. The van der Waals surface area contributed by atoms with E-state index in [0.717, 1.165) is 28.6 Å². The van der Waals surface area contributed by atoms with Gasteiger partial charge in [0.25, 0.3) is 0 Å². The second kappa shape index (κ2) is 6.83. The van der Waals surface area contributed by atoms with Crippen molar-refractivity contribution in [1.82, 2.24) is 10.2 Å². The Balaban J connectivity index is 1.83. The van der Waals surface area contributed by atoms with E-state index in [1.165, 1.54) is 7.11 Å². The number of esters is 2. The van der Waals surface area contributed by atoms with Gasteiger partial charge in [-0.25, -0.2) is 4.79 Å². The summed E-state index contributed by atoms with van der Waals surface area (Å²) in [5, 5.41) is 8.38. The molecule has 144 valence electrons. The first-order chi connectivity index (χ1) is 12.6. The Morgan fingerprint density at radius 3 is 2.59 bits per heavy atom. The van der Waals surface area contributed by atoms with Crippen LogP contribution in [0.4, 0.5) is 0 Å². The molecular formula is C21H26N2O4. The van der Waals surface area contributed by atoms with Crippen LogP contribution in [0.5, 0.6) is 0 Å². The average Bonchev–Trinajstić information content (AvgIpc) is 3.03. The van der Waals surface area contributed by atoms with E-state index in [-0.39, 0.29) is 11.9 Å². The molecule has 0 spiro atoms. The molecule has 0 amide bonds. The number of aromatic nitrogens is 2. The number of aromatic amines is 1. The molecule has 6 heteroatoms. The summed E-state index contributed by atoms with van der Waals surface area (Å²) in [6.45, 7) is 7.62. The van der Waals surface area contributed by atoms with Crippen molar-refractivity contribution in [2.24, 2.45) is 5.41 Å². The lowest BCUT2D eigenvalue weighted by atomic mass is 9.75. The van der Waals surface area contributed by atoms with Gasteiger partial charge in [-0.2, -0.15) is 5.10 Å². The summed E-state index contributed by atoms with van der Waals surface area (Å²) in [5.41, 5.74) is 2.24. The van der Waals surface area contributed by atoms with Crippen molar-refractivity contribution in [2.75, 3.05) is 7.11 Å². The second-order valence-electron chi connectivity index (χ2n) is 8.32. The lowest BCUT2D eigenvalue weighted by Gasteiger charge is -2.33. The molecule has 1 aromatic carbocycles. The first-order valence-corrected chi connectivity index (χ1v) is 9.12. The van der Waals surface area contributed by atoms with Crippen LogP contribution in [0.1, 0.15) is 63.0 Å². The minimum atomic E-state index is -0.513. The molecule has 1 aromatic heterocycles. The summed E-state index contributed by atoms with van der Waals surface area (Å²) in [6, 6.07) is 5.36. The minimum Gasteiger partial charge on any atom is -0.465 e. The van der Waals surface area contributed by atoms with Gasteiger partial charge in [0.1, 0.15) is 5.60 Å². The molecule has 1 aliphatic rings. The van der Waals surface area contributed by atoms with Crippen molar-refractivity contribution < 1.29 is 19.1 Å². The van der Waals surface area contributed by atoms with Crippen molar-refractivity contribution in [1.29, 1.82) is 0 Å². The molecule has 0 fully saturated rings. The van der Waals surface area contributed by atoms with E-state index in [1.807, 2.05) is 33.8 Å². The van der Waals surface area contributed by atoms with E-state index in [0.29, 0.717) is 18.4 Å². The third-order valence-electron chi connectivity index (χ3n) is 4.92. The molecule has 0 aliphatic heterocycles. The molecule has 0 saturated heterocycles. The molecule has 3 rings (SSSR count). The first-order valence-electron chi connectivity index (χ1n) is 9.12. The number of hydrogen-bond acceptors (Lipinski definition) is 5. The number of fused-ring (bicyclic) bond motifs is 1. The molecule has 0 bridgehead atoms. The maximum atomic E-state index is 12.6. The number of allylic oxidation sites excluding steroid dienone is 2. The van der Waals surface area contributed by atoms with Gasteiger partial charge in [0.05, 0.1) is 29.3 Å². The van der Waals surface area contributed by atoms with Crippen molar-refractivity contribution in [3.63, 3.8) is 0 Å². The van der Waals surface area contributed by atoms with Crippen molar-refractivity contribution >= 4 is 28.4 Å². The highest BCUT2D eigenvalue weighted by Gasteiger charge is 2.38. The molecule has 1 aliphatic carbocycles. The van der Waals surface area contributed by atoms with Crippen molar-refractivity contribution in [2.45, 2.75) is 52.6 Å². The second-order valence-corrected chi connectivity index (χ2v) is 8.32. The van der Waals surface area contributed by atoms with Gasteiger partial charge in [0, 0.05) is 5.39 Å². The fourth-order valence-electron chi connectivity index (χ4n) is 3.27. The Morgan fingerprint density at radius 1 is 1.26 bits per heavy atom. The summed E-state index contributed by atoms with van der Waals surface area (Å²) in [5.74, 6) is -0.530. The lowest BCUT2D eigenvalue weighted by Crippen LogP contribution is -2.36. The highest BCUT2D eigenvalue weighted by atomic mass is 16.6. The number of nitrogens with zero attached hydrogens (tertiary/aromatic N) is 1. The van der Waals surface area contributed by atoms with Gasteiger partial charge in [-0.15, -0.1) is 0 Å². The zero-order valence-corrected chi connectivity index (χ0v) is 16.5. The molecule has 27 heavy (non-hydrogen) atoms. The lowest BCUT2D eigenvalue weighted by molar-refractivity contribution is -0.167. The van der Waals surface area contributed by atoms with Gasteiger partial charge in [-0.3, -0.25) is 9.89 Å². The van der Waals surface area contributed by atoms with Crippen LogP contribution in [0.2, 0.25) is 0 Å². The molecule has 1 atom stereocenters. The van der Waals surface area contributed by atoms with E-state index in [4.69, 9.17) is 9.47 Å². The molecule has 1 N–H and O–H groups in total. The summed E-state index contributed by atoms with van der Waals surface area (Å²) in [7, 11) is 1.36. The predicted molar refractivity (Wildman–Crippen MR) is 103 cm³/mol. The van der Waals surface area contributed by atoms with Crippen LogP contribution < -0.4 is 0 Å². The van der Waals surface area contributed by atoms with E-state index < -0.39 is 11.0 Å². The van der Waals surface area contributed by atoms with Crippen LogP contribution in [-0.4, -0.2) is 34.8 Å². The van der Waals surface area contributed by atoms with E-state index >= 15 is 0 Å². The highest BCUT2D eigenvalue weighted by molar-refractivity contribution is 5.97. The maximum absolute atomic E-state index is 12.6. The molecular weight excluding hydrogens is 344 g/mol. The zero-order chi connectivity index (χ0) is 19.8. The number of benzene rings is 1. The normalized spacial score (nSPS) is 20.3. The number of nitrogens with one attached hydrogen (secondary N) is 1. The Hall–Kier alpha value is -2.63. The number of rotatable bonds is 3. The van der Waals surface area contributed by atoms with Crippen LogP contribution in [0.15, 0.2) is 24.3 Å². The van der Waals surface area contributed by atoms with Gasteiger partial charge in [0.2, 0.25) is 0 Å². The molecule has 2 aromatic rings. The Morgan fingerprint density at radius 2 is 2.00 bits per heavy atom. The van der Waals surface area contributed by atoms with Crippen LogP contribution in [-0.2, 0) is 14.3 Å². The highest BCUT2D eigenvalue weighted by Crippen LogP contribution is 2.41. The number of methoxy groups -OCH3 is 1. The van der Waals surface area contributed by atoms with Crippen LogP contribution >= 0.6 is 0 Å². The number of carbonyl (C=O) groups is 2. The van der Waals surface area contributed by atoms with Crippen LogP contribution in [0.3, 0.4) is 0 Å². The summed E-state index contributed by atoms with van der Waals surface area (Å²) in [4.78, 5) is 24.2. The fourth-order valence-corrected chi connectivity index (χ4v) is 3.27. The minimum absolute atomic E-state index is 0.153. The number of H-pyrrole nitrogens is 1. The number of carbonyl (C=O) groups excluding carboxylic acids is 2. The largest absolute Gasteiger partial charge is 0.465 e. The first kappa shape index (κ1) is 19.1. The van der Waals surface area contributed by atoms with Crippen LogP contribution in [0, 0.1) is 5.41 Å². The molecule has 1 unspecified atom stereocenters. The predicted octanol–water partition coefficient (Wildman–Crippen LogP) is 4.26. The Kier molecular flexibility index (Phi) is 4.84. The average molecular weight is 370 g/mol. The number of ether oxygens (including phenoxy) is 2. The van der Waals surface area contributed by atoms with Gasteiger partial charge in [-0.1, -0.05) is 6.08 Å². The van der Waals surface area contributed by atoms with E-state index in [2.05, 4.69) is 16.3 Å². The monoisotopic (exact) mass is 370 g/mol. The van der Waals surface area contributed by atoms with Crippen LogP contribution in [0.25, 0.3) is 16.5 Å². The number of hydrogen-bond donors (Lipinski definition) is 1. The Labute approximate surface area is 158 Å². The smallest absolute Gasteiger partial charge is 0.337 e. The van der Waals surface area contributed by atoms with Crippen molar-refractivity contribution in [3.05, 3.63) is 35.5 Å². The molecule has 0 saturated carbocycles. The Bertz CT molecular complexity index is 920. The van der Waals surface area contributed by atoms with Gasteiger partial charge >= 0.3 is 11.9 Å². The topological polar surface area (TPSA) is 81.3 Å². The summed E-state index contributed by atoms with van der Waals surface area (Å²) in [6.07, 6.45) is 4.15. The van der Waals surface area contributed by atoms with E-state index in [1.54, 1.807) is 12.1 Å². The third-order valence-corrected chi connectivity index (χ3v) is 4.92. The van der Waals surface area contributed by atoms with E-state index in [9.17, 15) is 9.59 Å². The summed E-state index contributed by atoms with van der Waals surface area (Å²) >= 11 is 0. The molecule has 6 nitrogen and oxygen atoms in total. The zero-order valence-electron chi connectivity index (χ0n) is 16.5. The quantitative estimate of drug-likeness (QED) is 0.816.